The highest BCUT2D eigenvalue weighted by atomic mass is 16.5. The van der Waals surface area contributed by atoms with Gasteiger partial charge in [-0.3, -0.25) is 4.79 Å². The van der Waals surface area contributed by atoms with Crippen molar-refractivity contribution in [2.75, 3.05) is 6.61 Å². The van der Waals surface area contributed by atoms with Crippen LogP contribution in [0.5, 0.6) is 5.75 Å². The minimum absolute atomic E-state index is 0.0631. The average Bonchev–Trinajstić information content (AvgIpc) is 3.16. The van der Waals surface area contributed by atoms with Gasteiger partial charge in [0.1, 0.15) is 11.8 Å². The first kappa shape index (κ1) is 18.6. The molecular formula is C23H27N3O2. The zero-order valence-corrected chi connectivity index (χ0v) is 16.3. The molecular weight excluding hydrogens is 350 g/mol. The van der Waals surface area contributed by atoms with Gasteiger partial charge >= 0.3 is 0 Å². The number of unbranched alkanes of at least 4 members (excludes halogenated alkanes) is 1. The quantitative estimate of drug-likeness (QED) is 0.741. The van der Waals surface area contributed by atoms with E-state index < -0.39 is 0 Å². The Hall–Kier alpha value is -2.79. The molecule has 2 aromatic carbocycles. The number of benzene rings is 2. The third-order valence-electron chi connectivity index (χ3n) is 5.32. The number of rotatable bonds is 7. The summed E-state index contributed by atoms with van der Waals surface area (Å²) in [5, 5.41) is 1.94. The SMILES string of the molecule is CCCCOc1ccccc1C1CC2C(=O)N(Cc3ccccc3)C=CN2N1. The standard InChI is InChI=1S/C23H27N3O2/c1-2-3-15-28-22-12-8-7-11-19(22)20-16-21-23(27)25(13-14-26(21)24-20)17-18-9-5-4-6-10-18/h4-14,20-21,24H,2-3,15-17H2,1H3. The van der Waals surface area contributed by atoms with E-state index in [0.29, 0.717) is 6.54 Å². The fourth-order valence-corrected chi connectivity index (χ4v) is 3.78. The lowest BCUT2D eigenvalue weighted by Gasteiger charge is -2.31. The smallest absolute Gasteiger partial charge is 0.251 e. The van der Waals surface area contributed by atoms with Crippen molar-refractivity contribution in [3.05, 3.63) is 78.1 Å². The number of ether oxygens (including phenoxy) is 1. The van der Waals surface area contributed by atoms with E-state index in [2.05, 4.69) is 18.4 Å². The Labute approximate surface area is 166 Å². The van der Waals surface area contributed by atoms with Gasteiger partial charge in [-0.15, -0.1) is 0 Å². The molecule has 2 aliphatic heterocycles. The normalized spacial score (nSPS) is 21.1. The second kappa shape index (κ2) is 8.48. The molecule has 0 saturated carbocycles. The van der Waals surface area contributed by atoms with Gasteiger partial charge in [-0.2, -0.15) is 0 Å². The van der Waals surface area contributed by atoms with E-state index in [1.54, 1.807) is 0 Å². The molecule has 2 unspecified atom stereocenters. The molecule has 1 N–H and O–H groups in total. The number of carbonyl (C=O) groups excluding carboxylic acids is 1. The van der Waals surface area contributed by atoms with Gasteiger partial charge in [0, 0.05) is 18.0 Å². The van der Waals surface area contributed by atoms with E-state index >= 15 is 0 Å². The first-order valence-electron chi connectivity index (χ1n) is 10.0. The molecule has 2 aromatic rings. The summed E-state index contributed by atoms with van der Waals surface area (Å²) in [5.41, 5.74) is 5.72. The zero-order chi connectivity index (χ0) is 19.3. The Bertz CT molecular complexity index is 837. The molecule has 2 aliphatic rings. The number of amides is 1. The topological polar surface area (TPSA) is 44.8 Å². The first-order chi connectivity index (χ1) is 13.8. The fourth-order valence-electron chi connectivity index (χ4n) is 3.78. The van der Waals surface area contributed by atoms with Crippen molar-refractivity contribution in [3.8, 4) is 5.75 Å². The number of nitrogens with one attached hydrogen (secondary N) is 1. The minimum atomic E-state index is -0.192. The van der Waals surface area contributed by atoms with Crippen LogP contribution in [0.3, 0.4) is 0 Å². The molecule has 4 rings (SSSR count). The van der Waals surface area contributed by atoms with Gasteiger partial charge in [0.2, 0.25) is 0 Å². The molecule has 146 valence electrons. The number of nitrogens with zero attached hydrogens (tertiary/aromatic N) is 2. The van der Waals surface area contributed by atoms with Gasteiger partial charge in [-0.1, -0.05) is 61.9 Å². The van der Waals surface area contributed by atoms with Crippen molar-refractivity contribution >= 4 is 5.91 Å². The predicted molar refractivity (Wildman–Crippen MR) is 109 cm³/mol. The summed E-state index contributed by atoms with van der Waals surface area (Å²) in [7, 11) is 0. The Balaban J connectivity index is 1.46. The Morgan fingerprint density at radius 1 is 1.07 bits per heavy atom. The van der Waals surface area contributed by atoms with Crippen molar-refractivity contribution in [3.63, 3.8) is 0 Å². The summed E-state index contributed by atoms with van der Waals surface area (Å²) in [6.45, 7) is 3.48. The van der Waals surface area contributed by atoms with Crippen LogP contribution in [-0.2, 0) is 11.3 Å². The third kappa shape index (κ3) is 3.90. The number of carbonyl (C=O) groups is 1. The first-order valence-corrected chi connectivity index (χ1v) is 10.0. The largest absolute Gasteiger partial charge is 0.493 e. The van der Waals surface area contributed by atoms with Crippen LogP contribution < -0.4 is 10.2 Å². The van der Waals surface area contributed by atoms with Crippen molar-refractivity contribution in [1.82, 2.24) is 15.3 Å². The van der Waals surface area contributed by atoms with Crippen LogP contribution in [0.2, 0.25) is 0 Å². The lowest BCUT2D eigenvalue weighted by Crippen LogP contribution is -2.47. The van der Waals surface area contributed by atoms with E-state index in [-0.39, 0.29) is 18.0 Å². The highest BCUT2D eigenvalue weighted by Gasteiger charge is 2.40. The Kier molecular flexibility index (Phi) is 5.63. The maximum atomic E-state index is 13.0. The molecule has 28 heavy (non-hydrogen) atoms. The summed E-state index contributed by atoms with van der Waals surface area (Å²) < 4.78 is 6.00. The maximum absolute atomic E-state index is 13.0. The lowest BCUT2D eigenvalue weighted by molar-refractivity contribution is -0.134. The van der Waals surface area contributed by atoms with Crippen LogP contribution in [0.4, 0.5) is 0 Å². The maximum Gasteiger partial charge on any atom is 0.251 e. The Morgan fingerprint density at radius 2 is 1.86 bits per heavy atom. The second-order valence-electron chi connectivity index (χ2n) is 7.33. The molecule has 0 radical (unpaired) electrons. The van der Waals surface area contributed by atoms with Gasteiger partial charge in [0.05, 0.1) is 19.2 Å². The minimum Gasteiger partial charge on any atom is -0.493 e. The molecule has 0 aromatic heterocycles. The van der Waals surface area contributed by atoms with Crippen LogP contribution in [-0.4, -0.2) is 28.5 Å². The number of hydrogen-bond acceptors (Lipinski definition) is 4. The summed E-state index contributed by atoms with van der Waals surface area (Å²) in [4.78, 5) is 14.9. The highest BCUT2D eigenvalue weighted by molar-refractivity contribution is 5.84. The van der Waals surface area contributed by atoms with Crippen LogP contribution in [0.25, 0.3) is 0 Å². The van der Waals surface area contributed by atoms with Crippen molar-refractivity contribution in [2.45, 2.75) is 44.8 Å². The van der Waals surface area contributed by atoms with Gasteiger partial charge in [0.15, 0.2) is 0 Å². The molecule has 2 atom stereocenters. The van der Waals surface area contributed by atoms with E-state index in [1.165, 1.54) is 0 Å². The van der Waals surface area contributed by atoms with E-state index in [0.717, 1.165) is 42.7 Å². The zero-order valence-electron chi connectivity index (χ0n) is 16.3. The van der Waals surface area contributed by atoms with Crippen molar-refractivity contribution in [2.24, 2.45) is 0 Å². The van der Waals surface area contributed by atoms with Crippen LogP contribution in [0.15, 0.2) is 67.0 Å². The van der Waals surface area contributed by atoms with E-state index in [9.17, 15) is 4.79 Å². The number of hydrazine groups is 1. The molecule has 5 nitrogen and oxygen atoms in total. The molecule has 2 heterocycles. The average molecular weight is 377 g/mol. The number of hydrogen-bond donors (Lipinski definition) is 1. The number of para-hydroxylation sites is 1. The van der Waals surface area contributed by atoms with Crippen molar-refractivity contribution < 1.29 is 9.53 Å². The molecule has 5 heteroatoms. The van der Waals surface area contributed by atoms with E-state index in [1.807, 2.05) is 70.8 Å². The summed E-state index contributed by atoms with van der Waals surface area (Å²) in [6.07, 6.45) is 6.70. The summed E-state index contributed by atoms with van der Waals surface area (Å²) in [6, 6.07) is 18.1. The number of fused-ring (bicyclic) bond motifs is 1. The fraction of sp³-hybridized carbons (Fsp3) is 0.348. The lowest BCUT2D eigenvalue weighted by atomic mass is 10.00. The molecule has 0 spiro atoms. The van der Waals surface area contributed by atoms with Crippen LogP contribution in [0.1, 0.15) is 43.4 Å². The molecule has 1 saturated heterocycles. The van der Waals surface area contributed by atoms with Crippen LogP contribution >= 0.6 is 0 Å². The van der Waals surface area contributed by atoms with Crippen LogP contribution in [0, 0.1) is 0 Å². The monoisotopic (exact) mass is 377 g/mol. The Morgan fingerprint density at radius 3 is 2.68 bits per heavy atom. The second-order valence-corrected chi connectivity index (χ2v) is 7.33. The molecule has 1 amide bonds. The molecule has 1 fully saturated rings. The van der Waals surface area contributed by atoms with Gasteiger partial charge in [-0.05, 0) is 24.5 Å². The van der Waals surface area contributed by atoms with Gasteiger partial charge in [-0.25, -0.2) is 5.43 Å². The van der Waals surface area contributed by atoms with Gasteiger partial charge < -0.3 is 14.6 Å². The molecule has 0 aliphatic carbocycles. The predicted octanol–water partition coefficient (Wildman–Crippen LogP) is 4.00. The molecule has 0 bridgehead atoms. The third-order valence-corrected chi connectivity index (χ3v) is 5.32. The van der Waals surface area contributed by atoms with Gasteiger partial charge in [0.25, 0.3) is 5.91 Å². The highest BCUT2D eigenvalue weighted by Crippen LogP contribution is 2.35. The summed E-state index contributed by atoms with van der Waals surface area (Å²) in [5.74, 6) is 1.04. The van der Waals surface area contributed by atoms with Crippen molar-refractivity contribution in [1.29, 1.82) is 0 Å². The summed E-state index contributed by atoms with van der Waals surface area (Å²) >= 11 is 0. The van der Waals surface area contributed by atoms with E-state index in [4.69, 9.17) is 4.74 Å².